The second-order valence-corrected chi connectivity index (χ2v) is 8.89. The number of methoxy groups -OCH3 is 3. The van der Waals surface area contributed by atoms with E-state index in [0.717, 1.165) is 17.0 Å². The van der Waals surface area contributed by atoms with Gasteiger partial charge in [-0.05, 0) is 60.7 Å². The number of para-hydroxylation sites is 1. The summed E-state index contributed by atoms with van der Waals surface area (Å²) in [4.78, 5) is 12.5. The number of hydrogen-bond donors (Lipinski definition) is 1. The zero-order valence-electron chi connectivity index (χ0n) is 20.3. The number of hydrogen-bond acceptors (Lipinski definition) is 8. The van der Waals surface area contributed by atoms with Crippen LogP contribution in [0.3, 0.4) is 0 Å². The van der Waals surface area contributed by atoms with Crippen LogP contribution >= 0.6 is 23.4 Å². The fourth-order valence-electron chi connectivity index (χ4n) is 3.46. The molecule has 0 saturated carbocycles. The Morgan fingerprint density at radius 2 is 1.76 bits per heavy atom. The lowest BCUT2D eigenvalue weighted by atomic mass is 10.2. The monoisotopic (exact) mass is 537 g/mol. The van der Waals surface area contributed by atoms with Gasteiger partial charge in [0, 0.05) is 21.8 Å². The molecule has 1 heterocycles. The summed E-state index contributed by atoms with van der Waals surface area (Å²) < 4.78 is 17.8. The lowest BCUT2D eigenvalue weighted by Crippen LogP contribution is -2.20. The third kappa shape index (κ3) is 6.22. The number of hydrazone groups is 1. The van der Waals surface area contributed by atoms with E-state index in [-0.39, 0.29) is 11.7 Å². The number of carbonyl (C=O) groups excluding carboxylic acids is 1. The summed E-state index contributed by atoms with van der Waals surface area (Å²) in [7, 11) is 4.71. The van der Waals surface area contributed by atoms with Gasteiger partial charge in [0.15, 0.2) is 22.5 Å². The molecular weight excluding hydrogens is 514 g/mol. The van der Waals surface area contributed by atoms with Crippen LogP contribution in [-0.2, 0) is 4.79 Å². The van der Waals surface area contributed by atoms with Gasteiger partial charge in [0.05, 0.1) is 33.3 Å². The van der Waals surface area contributed by atoms with Crippen molar-refractivity contribution in [1.29, 1.82) is 0 Å². The number of benzene rings is 3. The molecular formula is C26H24ClN5O4S. The topological polar surface area (TPSA) is 99.9 Å². The van der Waals surface area contributed by atoms with Crippen molar-refractivity contribution in [1.82, 2.24) is 20.2 Å². The standard InChI is InChI=1S/C26H24ClN5O4S/c1-34-21-13-7-17(8-14-21)25-30-31-26(32(25)20-11-9-19(27)10-12-20)37-16-23(33)29-28-15-18-5-4-6-22(35-2)24(18)36-3/h4-15H,16H2,1-3H3,(H,29,33)/b28-15-. The molecule has 0 aliphatic heterocycles. The van der Waals surface area contributed by atoms with Crippen molar-refractivity contribution in [2.45, 2.75) is 5.16 Å². The minimum absolute atomic E-state index is 0.0704. The quantitative estimate of drug-likeness (QED) is 0.175. The van der Waals surface area contributed by atoms with E-state index >= 15 is 0 Å². The first kappa shape index (κ1) is 26.1. The van der Waals surface area contributed by atoms with E-state index in [4.69, 9.17) is 25.8 Å². The van der Waals surface area contributed by atoms with Gasteiger partial charge in [0.25, 0.3) is 5.91 Å². The third-order valence-electron chi connectivity index (χ3n) is 5.23. The highest BCUT2D eigenvalue weighted by Gasteiger charge is 2.17. The first-order valence-electron chi connectivity index (χ1n) is 11.1. The van der Waals surface area contributed by atoms with E-state index in [9.17, 15) is 4.79 Å². The van der Waals surface area contributed by atoms with Crippen molar-refractivity contribution >= 4 is 35.5 Å². The molecule has 1 aromatic heterocycles. The predicted molar refractivity (Wildman–Crippen MR) is 144 cm³/mol. The highest BCUT2D eigenvalue weighted by molar-refractivity contribution is 7.99. The SMILES string of the molecule is COc1ccc(-c2nnc(SCC(=O)N/N=C\c3cccc(OC)c3OC)n2-c2ccc(Cl)cc2)cc1. The van der Waals surface area contributed by atoms with Crippen molar-refractivity contribution in [3.8, 4) is 34.3 Å². The molecule has 0 bridgehead atoms. The van der Waals surface area contributed by atoms with Gasteiger partial charge in [0.2, 0.25) is 0 Å². The molecule has 0 aliphatic carbocycles. The zero-order chi connectivity index (χ0) is 26.2. The lowest BCUT2D eigenvalue weighted by Gasteiger charge is -2.11. The normalized spacial score (nSPS) is 10.9. The number of aromatic nitrogens is 3. The van der Waals surface area contributed by atoms with Crippen molar-refractivity contribution in [3.05, 3.63) is 77.3 Å². The van der Waals surface area contributed by atoms with Crippen LogP contribution < -0.4 is 19.6 Å². The van der Waals surface area contributed by atoms with E-state index in [1.807, 2.05) is 47.0 Å². The van der Waals surface area contributed by atoms with E-state index in [2.05, 4.69) is 20.7 Å². The molecule has 3 aromatic carbocycles. The summed E-state index contributed by atoms with van der Waals surface area (Å²) in [5.41, 5.74) is 4.86. The predicted octanol–water partition coefficient (Wildman–Crippen LogP) is 4.86. The average molecular weight is 538 g/mol. The molecule has 0 aliphatic rings. The number of nitrogens with zero attached hydrogens (tertiary/aromatic N) is 4. The first-order valence-corrected chi connectivity index (χ1v) is 12.4. The summed E-state index contributed by atoms with van der Waals surface area (Å²) in [6, 6.07) is 20.2. The number of rotatable bonds is 10. The second-order valence-electron chi connectivity index (χ2n) is 7.51. The molecule has 37 heavy (non-hydrogen) atoms. The second kappa shape index (κ2) is 12.3. The summed E-state index contributed by atoms with van der Waals surface area (Å²) in [6.07, 6.45) is 1.50. The number of nitrogens with one attached hydrogen (secondary N) is 1. The van der Waals surface area contributed by atoms with E-state index < -0.39 is 0 Å². The van der Waals surface area contributed by atoms with Crippen LogP contribution in [0.2, 0.25) is 5.02 Å². The molecule has 4 aromatic rings. The van der Waals surface area contributed by atoms with Gasteiger partial charge in [-0.2, -0.15) is 5.10 Å². The Balaban J connectivity index is 1.51. The number of ether oxygens (including phenoxy) is 3. The van der Waals surface area contributed by atoms with Gasteiger partial charge in [-0.3, -0.25) is 9.36 Å². The molecule has 0 radical (unpaired) electrons. The van der Waals surface area contributed by atoms with E-state index in [0.29, 0.717) is 33.1 Å². The molecule has 9 nitrogen and oxygen atoms in total. The van der Waals surface area contributed by atoms with Crippen molar-refractivity contribution in [2.24, 2.45) is 5.10 Å². The maximum atomic E-state index is 12.5. The molecule has 1 N–H and O–H groups in total. The fraction of sp³-hybridized carbons (Fsp3) is 0.154. The lowest BCUT2D eigenvalue weighted by molar-refractivity contribution is -0.118. The smallest absolute Gasteiger partial charge is 0.250 e. The summed E-state index contributed by atoms with van der Waals surface area (Å²) in [5, 5.41) is 13.9. The van der Waals surface area contributed by atoms with Crippen molar-refractivity contribution < 1.29 is 19.0 Å². The number of amides is 1. The van der Waals surface area contributed by atoms with Crippen LogP contribution in [0, 0.1) is 0 Å². The molecule has 0 fully saturated rings. The molecule has 1 amide bonds. The van der Waals surface area contributed by atoms with Crippen LogP contribution in [0.15, 0.2) is 77.0 Å². The Morgan fingerprint density at radius 3 is 2.43 bits per heavy atom. The molecule has 0 atom stereocenters. The molecule has 0 unspecified atom stereocenters. The summed E-state index contributed by atoms with van der Waals surface area (Å²) >= 11 is 7.33. The molecule has 0 spiro atoms. The van der Waals surface area contributed by atoms with Gasteiger partial charge >= 0.3 is 0 Å². The van der Waals surface area contributed by atoms with Crippen molar-refractivity contribution in [3.63, 3.8) is 0 Å². The Bertz CT molecular complexity index is 1390. The summed E-state index contributed by atoms with van der Waals surface area (Å²) in [5.74, 6) is 2.22. The minimum atomic E-state index is -0.306. The van der Waals surface area contributed by atoms with E-state index in [1.54, 1.807) is 45.6 Å². The number of carbonyl (C=O) groups is 1. The number of halogens is 1. The largest absolute Gasteiger partial charge is 0.497 e. The van der Waals surface area contributed by atoms with Crippen LogP contribution in [0.25, 0.3) is 17.1 Å². The Hall–Kier alpha value is -4.02. The Morgan fingerprint density at radius 1 is 1.00 bits per heavy atom. The zero-order valence-corrected chi connectivity index (χ0v) is 21.9. The van der Waals surface area contributed by atoms with Crippen LogP contribution in [-0.4, -0.2) is 54.0 Å². The van der Waals surface area contributed by atoms with E-state index in [1.165, 1.54) is 18.0 Å². The first-order chi connectivity index (χ1) is 18.0. The number of thioether (sulfide) groups is 1. The fourth-order valence-corrected chi connectivity index (χ4v) is 4.33. The van der Waals surface area contributed by atoms with Gasteiger partial charge in [-0.25, -0.2) is 5.43 Å². The van der Waals surface area contributed by atoms with Gasteiger partial charge in [-0.15, -0.1) is 10.2 Å². The Kier molecular flexibility index (Phi) is 8.65. The average Bonchev–Trinajstić information content (AvgIpc) is 3.36. The maximum absolute atomic E-state index is 12.5. The highest BCUT2D eigenvalue weighted by atomic mass is 35.5. The van der Waals surface area contributed by atoms with Crippen LogP contribution in [0.1, 0.15) is 5.56 Å². The maximum Gasteiger partial charge on any atom is 0.250 e. The molecule has 4 rings (SSSR count). The van der Waals surface area contributed by atoms with Gasteiger partial charge < -0.3 is 14.2 Å². The molecule has 0 saturated heterocycles. The summed E-state index contributed by atoms with van der Waals surface area (Å²) in [6.45, 7) is 0. The van der Waals surface area contributed by atoms with Crippen LogP contribution in [0.4, 0.5) is 0 Å². The Labute approximate surface area is 223 Å². The third-order valence-corrected chi connectivity index (χ3v) is 6.41. The highest BCUT2D eigenvalue weighted by Crippen LogP contribution is 2.30. The van der Waals surface area contributed by atoms with Gasteiger partial charge in [0.1, 0.15) is 5.75 Å². The van der Waals surface area contributed by atoms with Crippen molar-refractivity contribution in [2.75, 3.05) is 27.1 Å². The molecule has 190 valence electrons. The minimum Gasteiger partial charge on any atom is -0.497 e. The van der Waals surface area contributed by atoms with Crippen LogP contribution in [0.5, 0.6) is 17.2 Å². The van der Waals surface area contributed by atoms with Gasteiger partial charge in [-0.1, -0.05) is 29.4 Å². The molecule has 11 heteroatoms.